The van der Waals surface area contributed by atoms with Crippen LogP contribution in [0.25, 0.3) is 10.1 Å². The number of aromatic hydroxyl groups is 1. The SMILES string of the molecule is Cc1cc2c(C(=O)O)csc2cc1O. The van der Waals surface area contributed by atoms with Crippen molar-refractivity contribution in [2.24, 2.45) is 0 Å². The molecule has 0 aliphatic carbocycles. The number of hydrogen-bond acceptors (Lipinski definition) is 3. The Morgan fingerprint density at radius 1 is 1.43 bits per heavy atom. The molecule has 2 aromatic rings. The highest BCUT2D eigenvalue weighted by molar-refractivity contribution is 7.17. The summed E-state index contributed by atoms with van der Waals surface area (Å²) in [4.78, 5) is 10.8. The maximum Gasteiger partial charge on any atom is 0.337 e. The topological polar surface area (TPSA) is 57.5 Å². The van der Waals surface area contributed by atoms with E-state index in [0.717, 1.165) is 4.70 Å². The Labute approximate surface area is 84.2 Å². The van der Waals surface area contributed by atoms with Crippen molar-refractivity contribution in [2.45, 2.75) is 6.92 Å². The third kappa shape index (κ3) is 1.24. The van der Waals surface area contributed by atoms with Gasteiger partial charge in [0.15, 0.2) is 0 Å². The molecule has 1 aromatic heterocycles. The second-order valence-corrected chi connectivity index (χ2v) is 4.00. The van der Waals surface area contributed by atoms with Crippen LogP contribution in [0, 0.1) is 6.92 Å². The van der Waals surface area contributed by atoms with Crippen LogP contribution >= 0.6 is 11.3 Å². The third-order valence-electron chi connectivity index (χ3n) is 2.12. The van der Waals surface area contributed by atoms with Crippen LogP contribution in [0.3, 0.4) is 0 Å². The van der Waals surface area contributed by atoms with Crippen LogP contribution in [0.2, 0.25) is 0 Å². The number of carbonyl (C=O) groups is 1. The highest BCUT2D eigenvalue weighted by atomic mass is 32.1. The van der Waals surface area contributed by atoms with E-state index in [2.05, 4.69) is 0 Å². The molecule has 0 bridgehead atoms. The van der Waals surface area contributed by atoms with E-state index in [1.54, 1.807) is 24.4 Å². The van der Waals surface area contributed by atoms with E-state index in [-0.39, 0.29) is 5.75 Å². The molecule has 0 atom stereocenters. The molecule has 1 heterocycles. The summed E-state index contributed by atoms with van der Waals surface area (Å²) in [5.41, 5.74) is 0.992. The van der Waals surface area contributed by atoms with E-state index in [1.807, 2.05) is 0 Å². The minimum absolute atomic E-state index is 0.205. The van der Waals surface area contributed by atoms with Gasteiger partial charge < -0.3 is 10.2 Å². The second-order valence-electron chi connectivity index (χ2n) is 3.09. The zero-order chi connectivity index (χ0) is 10.3. The average Bonchev–Trinajstić information content (AvgIpc) is 2.48. The van der Waals surface area contributed by atoms with Gasteiger partial charge in [0.05, 0.1) is 5.56 Å². The summed E-state index contributed by atoms with van der Waals surface area (Å²) in [7, 11) is 0. The first-order chi connectivity index (χ1) is 6.59. The number of carboxylic acids is 1. The molecule has 0 saturated heterocycles. The molecule has 0 spiro atoms. The summed E-state index contributed by atoms with van der Waals surface area (Å²) in [6.07, 6.45) is 0. The molecule has 72 valence electrons. The minimum Gasteiger partial charge on any atom is -0.508 e. The first-order valence-corrected chi connectivity index (χ1v) is 4.91. The average molecular weight is 208 g/mol. The van der Waals surface area contributed by atoms with Gasteiger partial charge in [0, 0.05) is 15.5 Å². The molecule has 0 fully saturated rings. The fourth-order valence-electron chi connectivity index (χ4n) is 1.34. The fraction of sp³-hybridized carbons (Fsp3) is 0.100. The molecule has 3 nitrogen and oxygen atoms in total. The van der Waals surface area contributed by atoms with Crippen molar-refractivity contribution < 1.29 is 15.0 Å². The Hall–Kier alpha value is -1.55. The molecule has 0 aliphatic rings. The van der Waals surface area contributed by atoms with E-state index in [4.69, 9.17) is 5.11 Å². The van der Waals surface area contributed by atoms with E-state index >= 15 is 0 Å². The number of rotatable bonds is 1. The fourth-order valence-corrected chi connectivity index (χ4v) is 2.28. The standard InChI is InChI=1S/C10H8O3S/c1-5-2-6-7(10(12)13)4-14-9(6)3-8(5)11/h2-4,11H,1H3,(H,12,13). The summed E-state index contributed by atoms with van der Waals surface area (Å²) < 4.78 is 0.797. The van der Waals surface area contributed by atoms with Crippen molar-refractivity contribution >= 4 is 27.4 Å². The predicted molar refractivity (Wildman–Crippen MR) is 55.2 cm³/mol. The molecular weight excluding hydrogens is 200 g/mol. The molecule has 0 aliphatic heterocycles. The van der Waals surface area contributed by atoms with Crippen molar-refractivity contribution in [3.63, 3.8) is 0 Å². The summed E-state index contributed by atoms with van der Waals surface area (Å²) in [6.45, 7) is 1.75. The van der Waals surface area contributed by atoms with Crippen molar-refractivity contribution in [2.75, 3.05) is 0 Å². The van der Waals surface area contributed by atoms with Crippen LogP contribution in [0.15, 0.2) is 17.5 Å². The molecule has 0 unspecified atom stereocenters. The zero-order valence-electron chi connectivity index (χ0n) is 7.44. The smallest absolute Gasteiger partial charge is 0.337 e. The Balaban J connectivity index is 2.80. The van der Waals surface area contributed by atoms with Crippen LogP contribution in [0.1, 0.15) is 15.9 Å². The zero-order valence-corrected chi connectivity index (χ0v) is 8.26. The summed E-state index contributed by atoms with van der Waals surface area (Å²) in [5.74, 6) is -0.724. The number of phenols is 1. The number of aromatic carboxylic acids is 1. The number of fused-ring (bicyclic) bond motifs is 1. The molecule has 0 amide bonds. The highest BCUT2D eigenvalue weighted by Gasteiger charge is 2.11. The first-order valence-electron chi connectivity index (χ1n) is 4.03. The molecule has 1 aromatic carbocycles. The van der Waals surface area contributed by atoms with Gasteiger partial charge >= 0.3 is 5.97 Å². The number of carboxylic acid groups (broad SMARTS) is 1. The highest BCUT2D eigenvalue weighted by Crippen LogP contribution is 2.31. The van der Waals surface area contributed by atoms with E-state index in [9.17, 15) is 9.90 Å². The van der Waals surface area contributed by atoms with Crippen LogP contribution in [0.4, 0.5) is 0 Å². The van der Waals surface area contributed by atoms with Crippen molar-refractivity contribution in [3.05, 3.63) is 28.6 Å². The maximum absolute atomic E-state index is 10.8. The lowest BCUT2D eigenvalue weighted by atomic mass is 10.1. The van der Waals surface area contributed by atoms with Gasteiger partial charge in [-0.15, -0.1) is 11.3 Å². The monoisotopic (exact) mass is 208 g/mol. The van der Waals surface area contributed by atoms with Gasteiger partial charge in [0.1, 0.15) is 5.75 Å². The second kappa shape index (κ2) is 2.99. The molecule has 2 N–H and O–H groups in total. The van der Waals surface area contributed by atoms with Crippen LogP contribution < -0.4 is 0 Å². The quantitative estimate of drug-likeness (QED) is 0.757. The number of thiophene rings is 1. The number of phenolic OH excluding ortho intramolecular Hbond substituents is 1. The van der Waals surface area contributed by atoms with Crippen LogP contribution in [-0.2, 0) is 0 Å². The lowest BCUT2D eigenvalue weighted by Gasteiger charge is -1.98. The predicted octanol–water partition coefficient (Wildman–Crippen LogP) is 2.61. The van der Waals surface area contributed by atoms with Crippen LogP contribution in [0.5, 0.6) is 5.75 Å². The number of aryl methyl sites for hydroxylation is 1. The van der Waals surface area contributed by atoms with Crippen LogP contribution in [-0.4, -0.2) is 16.2 Å². The Bertz CT molecular complexity index is 513. The van der Waals surface area contributed by atoms with E-state index < -0.39 is 5.97 Å². The van der Waals surface area contributed by atoms with Gasteiger partial charge in [-0.2, -0.15) is 0 Å². The summed E-state index contributed by atoms with van der Waals surface area (Å²) in [5, 5.41) is 20.6. The number of benzene rings is 1. The molecule has 14 heavy (non-hydrogen) atoms. The molecule has 0 radical (unpaired) electrons. The Morgan fingerprint density at radius 3 is 2.79 bits per heavy atom. The van der Waals surface area contributed by atoms with Gasteiger partial charge in [-0.05, 0) is 24.6 Å². The van der Waals surface area contributed by atoms with Gasteiger partial charge in [-0.25, -0.2) is 4.79 Å². The van der Waals surface area contributed by atoms with Gasteiger partial charge in [0.25, 0.3) is 0 Å². The van der Waals surface area contributed by atoms with Gasteiger partial charge in [-0.3, -0.25) is 0 Å². The largest absolute Gasteiger partial charge is 0.508 e. The lowest BCUT2D eigenvalue weighted by molar-refractivity contribution is 0.0699. The van der Waals surface area contributed by atoms with E-state index in [1.165, 1.54) is 11.3 Å². The van der Waals surface area contributed by atoms with Crippen molar-refractivity contribution in [3.8, 4) is 5.75 Å². The molecule has 4 heteroatoms. The van der Waals surface area contributed by atoms with Crippen molar-refractivity contribution in [1.29, 1.82) is 0 Å². The van der Waals surface area contributed by atoms with Gasteiger partial charge in [-0.1, -0.05) is 0 Å². The lowest BCUT2D eigenvalue weighted by Crippen LogP contribution is -1.93. The molecular formula is C10H8O3S. The van der Waals surface area contributed by atoms with Gasteiger partial charge in [0.2, 0.25) is 0 Å². The Morgan fingerprint density at radius 2 is 2.14 bits per heavy atom. The first kappa shape index (κ1) is 9.02. The third-order valence-corrected chi connectivity index (χ3v) is 3.07. The molecule has 0 saturated carbocycles. The minimum atomic E-state index is -0.929. The van der Waals surface area contributed by atoms with Crippen molar-refractivity contribution in [1.82, 2.24) is 0 Å². The summed E-state index contributed by atoms with van der Waals surface area (Å²) >= 11 is 1.32. The molecule has 2 rings (SSSR count). The Kier molecular flexibility index (Phi) is 1.93. The maximum atomic E-state index is 10.8. The normalized spacial score (nSPS) is 10.6. The van der Waals surface area contributed by atoms with E-state index in [0.29, 0.717) is 16.5 Å². The number of hydrogen-bond donors (Lipinski definition) is 2. The summed E-state index contributed by atoms with van der Waals surface area (Å²) in [6, 6.07) is 3.30.